The normalized spacial score (nSPS) is 11.7. The summed E-state index contributed by atoms with van der Waals surface area (Å²) in [5.74, 6) is 1.49. The molecule has 248 valence electrons. The molecule has 7 rings (SSSR count). The molecule has 0 unspecified atom stereocenters. The molecule has 0 aliphatic heterocycles. The van der Waals surface area contributed by atoms with Crippen molar-refractivity contribution in [1.29, 1.82) is 0 Å². The molecule has 0 amide bonds. The fourth-order valence-corrected chi connectivity index (χ4v) is 6.53. The topological polar surface area (TPSA) is 166 Å². The molecular formula is C34H34N12O2S. The molecular weight excluding hydrogens is 641 g/mol. The van der Waals surface area contributed by atoms with Gasteiger partial charge >= 0.3 is 0 Å². The van der Waals surface area contributed by atoms with Crippen LogP contribution in [-0.2, 0) is 24.1 Å². The van der Waals surface area contributed by atoms with Crippen molar-refractivity contribution >= 4 is 72.4 Å². The Bertz CT molecular complexity index is 2510. The summed E-state index contributed by atoms with van der Waals surface area (Å²) in [7, 11) is 1.69. The average Bonchev–Trinajstić information content (AvgIpc) is 3.52. The van der Waals surface area contributed by atoms with E-state index < -0.39 is 10.0 Å². The Kier molecular flexibility index (Phi) is 7.72. The number of anilines is 7. The summed E-state index contributed by atoms with van der Waals surface area (Å²) >= 11 is 0. The first-order valence-corrected chi connectivity index (χ1v) is 16.9. The molecule has 14 nitrogen and oxygen atoms in total. The third-order valence-corrected chi connectivity index (χ3v) is 9.71. The second-order valence-electron chi connectivity index (χ2n) is 11.8. The number of nitrogens with one attached hydrogen (secondary N) is 1. The second-order valence-corrected chi connectivity index (χ2v) is 13.4. The van der Waals surface area contributed by atoms with Crippen molar-refractivity contribution in [2.75, 3.05) is 22.2 Å². The number of aryl methyl sites for hydroxylation is 5. The molecule has 0 saturated heterocycles. The lowest BCUT2D eigenvalue weighted by atomic mass is 10.2. The Morgan fingerprint density at radius 1 is 0.735 bits per heavy atom. The molecule has 0 aliphatic rings. The number of benzene rings is 3. The highest BCUT2D eigenvalue weighted by atomic mass is 32.2. The van der Waals surface area contributed by atoms with Crippen LogP contribution in [0.15, 0.2) is 84.0 Å². The van der Waals surface area contributed by atoms with E-state index in [1.165, 1.54) is 6.07 Å². The SMILES string of the molecule is Cc1ccc(N(c2nccc(Nc3ccc4c(C)n(C)nc4c3)n2)c2nccc(N(C)c3ccc4c(C)n(C)nc4c3)n2)cc1S(N)(=O)=O. The van der Waals surface area contributed by atoms with E-state index in [-0.39, 0.29) is 16.8 Å². The quantitative estimate of drug-likeness (QED) is 0.206. The highest BCUT2D eigenvalue weighted by Gasteiger charge is 2.23. The standard InChI is InChI=1S/C34H34N12O2S/c1-20-7-9-25(19-30(20)49(35,47)48)46(33-36-15-13-31(39-33)38-23-8-11-26-21(2)44(5)41-28(26)17-23)34-37-16-14-32(40-34)43(4)24-10-12-27-22(3)45(6)42-29(27)18-24/h7-19H,1-6H3,(H2,35,47,48)(H,36,38,39). The van der Waals surface area contributed by atoms with Gasteiger partial charge in [-0.1, -0.05) is 6.07 Å². The molecule has 0 atom stereocenters. The van der Waals surface area contributed by atoms with Crippen LogP contribution in [0, 0.1) is 20.8 Å². The van der Waals surface area contributed by atoms with Gasteiger partial charge in [0.2, 0.25) is 21.9 Å². The third kappa shape index (κ3) is 5.89. The molecule has 4 aromatic heterocycles. The van der Waals surface area contributed by atoms with E-state index >= 15 is 0 Å². The van der Waals surface area contributed by atoms with E-state index in [9.17, 15) is 8.42 Å². The maximum absolute atomic E-state index is 12.6. The zero-order valence-corrected chi connectivity index (χ0v) is 28.6. The summed E-state index contributed by atoms with van der Waals surface area (Å²) in [6, 6.07) is 20.4. The maximum atomic E-state index is 12.6. The fraction of sp³-hybridized carbons (Fsp3) is 0.176. The molecule has 15 heteroatoms. The van der Waals surface area contributed by atoms with Crippen molar-refractivity contribution in [3.8, 4) is 0 Å². The number of fused-ring (bicyclic) bond motifs is 2. The van der Waals surface area contributed by atoms with Crippen molar-refractivity contribution in [3.05, 3.63) is 96.1 Å². The largest absolute Gasteiger partial charge is 0.340 e. The summed E-state index contributed by atoms with van der Waals surface area (Å²) in [4.78, 5) is 22.3. The van der Waals surface area contributed by atoms with Crippen molar-refractivity contribution in [2.45, 2.75) is 25.7 Å². The molecule has 0 saturated carbocycles. The van der Waals surface area contributed by atoms with Crippen LogP contribution in [0.1, 0.15) is 17.0 Å². The van der Waals surface area contributed by atoms with E-state index in [1.807, 2.05) is 85.7 Å². The molecule has 0 spiro atoms. The Balaban J connectivity index is 1.31. The van der Waals surface area contributed by atoms with Crippen LogP contribution in [0.25, 0.3) is 21.8 Å². The summed E-state index contributed by atoms with van der Waals surface area (Å²) in [5.41, 5.74) is 6.42. The van der Waals surface area contributed by atoms with Gasteiger partial charge in [0.1, 0.15) is 11.6 Å². The van der Waals surface area contributed by atoms with Crippen LogP contribution in [0.5, 0.6) is 0 Å². The van der Waals surface area contributed by atoms with Crippen molar-refractivity contribution in [1.82, 2.24) is 39.5 Å². The number of aromatic nitrogens is 8. The molecule has 4 heterocycles. The Morgan fingerprint density at radius 2 is 1.35 bits per heavy atom. The van der Waals surface area contributed by atoms with Gasteiger partial charge in [-0.15, -0.1) is 0 Å². The summed E-state index contributed by atoms with van der Waals surface area (Å²) < 4.78 is 28.8. The monoisotopic (exact) mass is 674 g/mol. The maximum Gasteiger partial charge on any atom is 0.239 e. The summed E-state index contributed by atoms with van der Waals surface area (Å²) in [6.07, 6.45) is 3.24. The number of rotatable bonds is 8. The first kappa shape index (κ1) is 31.7. The van der Waals surface area contributed by atoms with Gasteiger partial charge in [0.05, 0.1) is 21.6 Å². The van der Waals surface area contributed by atoms with Gasteiger partial charge in [-0.3, -0.25) is 9.36 Å². The highest BCUT2D eigenvalue weighted by molar-refractivity contribution is 7.89. The fourth-order valence-electron chi connectivity index (χ4n) is 5.73. The van der Waals surface area contributed by atoms with Gasteiger partial charge in [0.25, 0.3) is 0 Å². The number of sulfonamides is 1. The van der Waals surface area contributed by atoms with Gasteiger partial charge in [-0.25, -0.2) is 28.4 Å². The van der Waals surface area contributed by atoms with Gasteiger partial charge in [-0.2, -0.15) is 20.2 Å². The predicted molar refractivity (Wildman–Crippen MR) is 191 cm³/mol. The first-order valence-electron chi connectivity index (χ1n) is 15.3. The Morgan fingerprint density at radius 3 is 2.04 bits per heavy atom. The lowest BCUT2D eigenvalue weighted by Gasteiger charge is -2.24. The number of hydrogen-bond acceptors (Lipinski definition) is 11. The molecule has 0 aliphatic carbocycles. The van der Waals surface area contributed by atoms with Gasteiger partial charge in [0.15, 0.2) is 0 Å². The average molecular weight is 675 g/mol. The van der Waals surface area contributed by atoms with Crippen LogP contribution in [0.3, 0.4) is 0 Å². The van der Waals surface area contributed by atoms with E-state index in [4.69, 9.17) is 15.1 Å². The smallest absolute Gasteiger partial charge is 0.239 e. The number of hydrogen-bond donors (Lipinski definition) is 2. The number of nitrogens with zero attached hydrogens (tertiary/aromatic N) is 10. The van der Waals surface area contributed by atoms with Crippen LogP contribution < -0.4 is 20.3 Å². The van der Waals surface area contributed by atoms with Crippen molar-refractivity contribution in [3.63, 3.8) is 0 Å². The number of primary sulfonamides is 1. The molecule has 0 radical (unpaired) electrons. The van der Waals surface area contributed by atoms with E-state index in [0.717, 1.165) is 44.6 Å². The zero-order chi connectivity index (χ0) is 34.6. The molecule has 0 bridgehead atoms. The third-order valence-electron chi connectivity index (χ3n) is 8.66. The van der Waals surface area contributed by atoms with E-state index in [2.05, 4.69) is 25.5 Å². The lowest BCUT2D eigenvalue weighted by molar-refractivity contribution is 0.597. The Hall–Kier alpha value is -5.93. The first-order chi connectivity index (χ1) is 23.4. The van der Waals surface area contributed by atoms with E-state index in [1.54, 1.807) is 48.5 Å². The predicted octanol–water partition coefficient (Wildman–Crippen LogP) is 5.59. The zero-order valence-electron chi connectivity index (χ0n) is 27.8. The minimum atomic E-state index is -4.04. The minimum absolute atomic E-state index is 0.0320. The highest BCUT2D eigenvalue weighted by Crippen LogP contribution is 2.35. The van der Waals surface area contributed by atoms with Crippen LogP contribution >= 0.6 is 0 Å². The van der Waals surface area contributed by atoms with Gasteiger partial charge < -0.3 is 10.2 Å². The van der Waals surface area contributed by atoms with Crippen LogP contribution in [0.2, 0.25) is 0 Å². The van der Waals surface area contributed by atoms with E-state index in [0.29, 0.717) is 22.9 Å². The van der Waals surface area contributed by atoms with Crippen LogP contribution in [-0.4, -0.2) is 55.0 Å². The Labute approximate surface area is 282 Å². The summed E-state index contributed by atoms with van der Waals surface area (Å²) in [5, 5.41) is 20.3. The molecule has 7 aromatic rings. The van der Waals surface area contributed by atoms with Gasteiger partial charge in [0, 0.05) is 67.1 Å². The van der Waals surface area contributed by atoms with Crippen molar-refractivity contribution in [2.24, 2.45) is 19.2 Å². The molecule has 49 heavy (non-hydrogen) atoms. The molecule has 3 N–H and O–H groups in total. The molecule has 3 aromatic carbocycles. The second kappa shape index (κ2) is 11.9. The summed E-state index contributed by atoms with van der Waals surface area (Å²) in [6.45, 7) is 5.73. The minimum Gasteiger partial charge on any atom is -0.340 e. The van der Waals surface area contributed by atoms with Crippen LogP contribution in [0.4, 0.5) is 40.6 Å². The van der Waals surface area contributed by atoms with Gasteiger partial charge in [-0.05, 0) is 87.0 Å². The van der Waals surface area contributed by atoms with Crippen molar-refractivity contribution < 1.29 is 8.42 Å². The molecule has 0 fully saturated rings. The lowest BCUT2D eigenvalue weighted by Crippen LogP contribution is -2.20. The number of nitrogens with two attached hydrogens (primary N) is 1.